The van der Waals surface area contributed by atoms with Crippen LogP contribution in [0.4, 0.5) is 0 Å². The minimum Gasteiger partial charge on any atom is -0.368 e. The molecule has 0 heterocycles. The van der Waals surface area contributed by atoms with E-state index < -0.39 is 6.04 Å². The number of primary amides is 1. The summed E-state index contributed by atoms with van der Waals surface area (Å²) in [6.45, 7) is 6.85. The highest BCUT2D eigenvalue weighted by atomic mass is 16.1. The smallest absolute Gasteiger partial charge is 0.234 e. The molecule has 1 saturated carbocycles. The third-order valence-corrected chi connectivity index (χ3v) is 3.83. The molecule has 0 aliphatic heterocycles. The fourth-order valence-corrected chi connectivity index (χ4v) is 2.58. The number of amides is 1. The Morgan fingerprint density at radius 2 is 1.67 bits per heavy atom. The Balaban J connectivity index is 2.46. The van der Waals surface area contributed by atoms with Crippen LogP contribution in [-0.2, 0) is 4.79 Å². The zero-order valence-corrected chi connectivity index (χ0v) is 10.1. The molecule has 0 bridgehead atoms. The van der Waals surface area contributed by atoms with Crippen LogP contribution in [0.1, 0.15) is 46.5 Å². The maximum Gasteiger partial charge on any atom is 0.234 e. The van der Waals surface area contributed by atoms with Crippen LogP contribution in [0.5, 0.6) is 0 Å². The highest BCUT2D eigenvalue weighted by Crippen LogP contribution is 2.40. The van der Waals surface area contributed by atoms with Gasteiger partial charge >= 0.3 is 0 Å². The first kappa shape index (κ1) is 12.5. The summed E-state index contributed by atoms with van der Waals surface area (Å²) in [6, 6.07) is -0.439. The van der Waals surface area contributed by atoms with Crippen molar-refractivity contribution >= 4 is 5.91 Å². The van der Waals surface area contributed by atoms with Crippen LogP contribution < -0.4 is 11.5 Å². The Bertz CT molecular complexity index is 224. The predicted molar refractivity (Wildman–Crippen MR) is 62.1 cm³/mol. The summed E-state index contributed by atoms with van der Waals surface area (Å²) in [5, 5.41) is 0. The lowest BCUT2D eigenvalue weighted by Gasteiger charge is -2.38. The molecule has 1 aliphatic rings. The molecule has 1 amide bonds. The normalized spacial score (nSPS) is 29.9. The summed E-state index contributed by atoms with van der Waals surface area (Å²) in [5.41, 5.74) is 11.4. The van der Waals surface area contributed by atoms with Crippen molar-refractivity contribution in [3.8, 4) is 0 Å². The van der Waals surface area contributed by atoms with Gasteiger partial charge in [-0.3, -0.25) is 4.79 Å². The van der Waals surface area contributed by atoms with Crippen LogP contribution in [-0.4, -0.2) is 11.9 Å². The van der Waals surface area contributed by atoms with Gasteiger partial charge in [0, 0.05) is 0 Å². The van der Waals surface area contributed by atoms with Gasteiger partial charge in [-0.25, -0.2) is 0 Å². The molecule has 1 unspecified atom stereocenters. The molecule has 88 valence electrons. The molecule has 15 heavy (non-hydrogen) atoms. The zero-order valence-electron chi connectivity index (χ0n) is 10.1. The van der Waals surface area contributed by atoms with Crippen molar-refractivity contribution in [1.82, 2.24) is 0 Å². The van der Waals surface area contributed by atoms with Crippen molar-refractivity contribution in [1.29, 1.82) is 0 Å². The SMILES string of the molecule is CC(C)(C)C1CCC(C(N)C(N)=O)CC1. The summed E-state index contributed by atoms with van der Waals surface area (Å²) in [4.78, 5) is 11.0. The van der Waals surface area contributed by atoms with Gasteiger partial charge < -0.3 is 11.5 Å². The summed E-state index contributed by atoms with van der Waals surface area (Å²) in [6.07, 6.45) is 4.45. The molecule has 1 fully saturated rings. The number of hydrogen-bond donors (Lipinski definition) is 2. The Hall–Kier alpha value is -0.570. The van der Waals surface area contributed by atoms with Crippen molar-refractivity contribution in [2.24, 2.45) is 28.7 Å². The number of hydrogen-bond acceptors (Lipinski definition) is 2. The molecule has 0 saturated heterocycles. The molecular formula is C12H24N2O. The number of nitrogens with two attached hydrogens (primary N) is 2. The summed E-state index contributed by atoms with van der Waals surface area (Å²) in [5.74, 6) is 0.712. The summed E-state index contributed by atoms with van der Waals surface area (Å²) >= 11 is 0. The lowest BCUT2D eigenvalue weighted by atomic mass is 9.68. The third-order valence-electron chi connectivity index (χ3n) is 3.83. The Labute approximate surface area is 92.6 Å². The first-order valence-electron chi connectivity index (χ1n) is 5.87. The van der Waals surface area contributed by atoms with Crippen LogP contribution in [0.15, 0.2) is 0 Å². The molecule has 0 aromatic carbocycles. The predicted octanol–water partition coefficient (Wildman–Crippen LogP) is 1.65. The minimum absolute atomic E-state index is 0.307. The van der Waals surface area contributed by atoms with Crippen LogP contribution in [0.3, 0.4) is 0 Å². The zero-order chi connectivity index (χ0) is 11.6. The van der Waals surface area contributed by atoms with E-state index in [2.05, 4.69) is 20.8 Å². The standard InChI is InChI=1S/C12H24N2O/c1-12(2,3)9-6-4-8(5-7-9)10(13)11(14)15/h8-10H,4-7,13H2,1-3H3,(H2,14,15). The maximum absolute atomic E-state index is 11.0. The van der Waals surface area contributed by atoms with Gasteiger partial charge in [0.05, 0.1) is 6.04 Å². The van der Waals surface area contributed by atoms with E-state index in [1.807, 2.05) is 0 Å². The Kier molecular flexibility index (Phi) is 3.77. The maximum atomic E-state index is 11.0. The van der Waals surface area contributed by atoms with Gasteiger partial charge in [0.2, 0.25) is 5.91 Å². The number of carbonyl (C=O) groups excluding carboxylic acids is 1. The van der Waals surface area contributed by atoms with E-state index in [0.29, 0.717) is 11.3 Å². The number of rotatable bonds is 2. The number of carbonyl (C=O) groups is 1. The van der Waals surface area contributed by atoms with E-state index in [1.54, 1.807) is 0 Å². The monoisotopic (exact) mass is 212 g/mol. The molecular weight excluding hydrogens is 188 g/mol. The minimum atomic E-state index is -0.439. The van der Waals surface area contributed by atoms with E-state index in [1.165, 1.54) is 12.8 Å². The van der Waals surface area contributed by atoms with Gasteiger partial charge in [0.1, 0.15) is 0 Å². The second-order valence-electron chi connectivity index (χ2n) is 5.91. The van der Waals surface area contributed by atoms with E-state index in [-0.39, 0.29) is 5.91 Å². The summed E-state index contributed by atoms with van der Waals surface area (Å²) in [7, 11) is 0. The Morgan fingerprint density at radius 3 is 2.00 bits per heavy atom. The van der Waals surface area contributed by atoms with E-state index in [0.717, 1.165) is 18.8 Å². The van der Waals surface area contributed by atoms with Gasteiger partial charge in [-0.1, -0.05) is 20.8 Å². The largest absolute Gasteiger partial charge is 0.368 e. The molecule has 1 rings (SSSR count). The third kappa shape index (κ3) is 3.20. The second-order valence-corrected chi connectivity index (χ2v) is 5.91. The molecule has 1 atom stereocenters. The highest BCUT2D eigenvalue weighted by molar-refractivity contribution is 5.79. The molecule has 1 aliphatic carbocycles. The fourth-order valence-electron chi connectivity index (χ4n) is 2.58. The average molecular weight is 212 g/mol. The van der Waals surface area contributed by atoms with Crippen molar-refractivity contribution < 1.29 is 4.79 Å². The highest BCUT2D eigenvalue weighted by Gasteiger charge is 2.33. The molecule has 0 aromatic heterocycles. The first-order valence-corrected chi connectivity index (χ1v) is 5.87. The van der Waals surface area contributed by atoms with Crippen LogP contribution in [0, 0.1) is 17.3 Å². The molecule has 0 aromatic rings. The van der Waals surface area contributed by atoms with Crippen LogP contribution in [0.2, 0.25) is 0 Å². The van der Waals surface area contributed by atoms with Crippen molar-refractivity contribution in [3.63, 3.8) is 0 Å². The lowest BCUT2D eigenvalue weighted by molar-refractivity contribution is -0.120. The van der Waals surface area contributed by atoms with Crippen molar-refractivity contribution in [3.05, 3.63) is 0 Å². The van der Waals surface area contributed by atoms with Gasteiger partial charge in [-0.05, 0) is 42.9 Å². The molecule has 0 spiro atoms. The van der Waals surface area contributed by atoms with E-state index in [4.69, 9.17) is 11.5 Å². The quantitative estimate of drug-likeness (QED) is 0.730. The molecule has 4 N–H and O–H groups in total. The molecule has 0 radical (unpaired) electrons. The van der Waals surface area contributed by atoms with Crippen LogP contribution >= 0.6 is 0 Å². The fraction of sp³-hybridized carbons (Fsp3) is 0.917. The summed E-state index contributed by atoms with van der Waals surface area (Å²) < 4.78 is 0. The average Bonchev–Trinajstić information content (AvgIpc) is 2.15. The lowest BCUT2D eigenvalue weighted by Crippen LogP contribution is -2.44. The van der Waals surface area contributed by atoms with Gasteiger partial charge in [-0.15, -0.1) is 0 Å². The van der Waals surface area contributed by atoms with Gasteiger partial charge in [0.25, 0.3) is 0 Å². The Morgan fingerprint density at radius 1 is 1.20 bits per heavy atom. The van der Waals surface area contributed by atoms with E-state index >= 15 is 0 Å². The van der Waals surface area contributed by atoms with Crippen molar-refractivity contribution in [2.45, 2.75) is 52.5 Å². The van der Waals surface area contributed by atoms with Gasteiger partial charge in [-0.2, -0.15) is 0 Å². The molecule has 3 nitrogen and oxygen atoms in total. The van der Waals surface area contributed by atoms with Gasteiger partial charge in [0.15, 0.2) is 0 Å². The van der Waals surface area contributed by atoms with Crippen molar-refractivity contribution in [2.75, 3.05) is 0 Å². The van der Waals surface area contributed by atoms with Crippen LogP contribution in [0.25, 0.3) is 0 Å². The topological polar surface area (TPSA) is 69.1 Å². The second kappa shape index (κ2) is 4.52. The molecule has 3 heteroatoms. The van der Waals surface area contributed by atoms with E-state index in [9.17, 15) is 4.79 Å². The first-order chi connectivity index (χ1) is 6.82.